The molecule has 1 atom stereocenters. The van der Waals surface area contributed by atoms with Crippen molar-refractivity contribution in [2.45, 2.75) is 63.6 Å². The molecule has 2 aromatic heterocycles. The molecule has 0 spiro atoms. The van der Waals surface area contributed by atoms with Crippen molar-refractivity contribution in [2.24, 2.45) is 11.1 Å². The first-order valence-corrected chi connectivity index (χ1v) is 15.7. The highest BCUT2D eigenvalue weighted by molar-refractivity contribution is 8.01. The Morgan fingerprint density at radius 3 is 2.56 bits per heavy atom. The van der Waals surface area contributed by atoms with E-state index in [-0.39, 0.29) is 28.7 Å². The molecular weight excluding hydrogens is 577 g/mol. The third-order valence-corrected chi connectivity index (χ3v) is 9.80. The molecule has 10 nitrogen and oxygen atoms in total. The minimum Gasteiger partial charge on any atom is -0.384 e. The van der Waals surface area contributed by atoms with Crippen molar-refractivity contribution in [3.8, 4) is 6.07 Å². The van der Waals surface area contributed by atoms with Crippen molar-refractivity contribution in [3.05, 3.63) is 63.1 Å². The van der Waals surface area contributed by atoms with Crippen LogP contribution in [-0.2, 0) is 9.59 Å². The van der Waals surface area contributed by atoms with Crippen molar-refractivity contribution >= 4 is 56.4 Å². The average Bonchev–Trinajstić information content (AvgIpc) is 3.54. The highest BCUT2D eigenvalue weighted by Gasteiger charge is 2.45. The van der Waals surface area contributed by atoms with Gasteiger partial charge in [-0.1, -0.05) is 86.4 Å². The molecule has 2 aliphatic rings. The lowest BCUT2D eigenvalue weighted by Gasteiger charge is -2.42. The number of ketones is 1. The van der Waals surface area contributed by atoms with E-state index >= 15 is 0 Å². The summed E-state index contributed by atoms with van der Waals surface area (Å²) >= 11 is 3.80. The molecule has 0 saturated heterocycles. The molecule has 3 aromatic rings. The molecule has 1 aliphatic carbocycles. The maximum Gasteiger partial charge on any atom is 0.236 e. The van der Waals surface area contributed by atoms with Gasteiger partial charge in [-0.15, -0.1) is 20.4 Å². The van der Waals surface area contributed by atoms with Gasteiger partial charge >= 0.3 is 0 Å². The highest BCUT2D eigenvalue weighted by Crippen LogP contribution is 2.50. The van der Waals surface area contributed by atoms with Gasteiger partial charge in [-0.25, -0.2) is 0 Å². The number of carbonyl (C=O) groups is 2. The van der Waals surface area contributed by atoms with Gasteiger partial charge in [0, 0.05) is 17.7 Å². The van der Waals surface area contributed by atoms with Crippen molar-refractivity contribution < 1.29 is 9.59 Å². The van der Waals surface area contributed by atoms with Crippen LogP contribution in [0.1, 0.15) is 68.5 Å². The van der Waals surface area contributed by atoms with E-state index in [4.69, 9.17) is 5.73 Å². The fourth-order valence-electron chi connectivity index (χ4n) is 5.11. The van der Waals surface area contributed by atoms with Crippen LogP contribution in [0.3, 0.4) is 0 Å². The van der Waals surface area contributed by atoms with Crippen LogP contribution in [0.15, 0.2) is 51.3 Å². The number of amides is 1. The number of nitrogens with one attached hydrogen (secondary N) is 1. The molecule has 0 radical (unpaired) electrons. The molecule has 5 rings (SSSR count). The van der Waals surface area contributed by atoms with E-state index in [1.54, 1.807) is 4.90 Å². The second-order valence-electron chi connectivity index (χ2n) is 11.1. The standard InChI is InChI=1S/C28H30N8O2S3/c1-14(2)16-6-8-17(9-7-16)22-18(12-29)24(30)36(19-10-28(4,5)11-20(37)23(19)22)26-34-35-27(41-26)39-13-21(38)31-25-33-32-15(3)40-25/h6-9,14,22H,10-11,13,30H2,1-5H3,(H,31,33,38). The number of nitrogens with zero attached hydrogens (tertiary/aromatic N) is 6. The summed E-state index contributed by atoms with van der Waals surface area (Å²) in [6.45, 7) is 10.2. The fourth-order valence-corrected chi connectivity index (χ4v) is 7.40. The zero-order chi connectivity index (χ0) is 29.5. The van der Waals surface area contributed by atoms with Crippen LogP contribution in [0.5, 0.6) is 0 Å². The van der Waals surface area contributed by atoms with E-state index in [1.165, 1.54) is 40.0 Å². The Labute approximate surface area is 250 Å². The minimum atomic E-state index is -0.550. The number of allylic oxidation sites excluding steroid dienone is 3. The predicted molar refractivity (Wildman–Crippen MR) is 162 cm³/mol. The summed E-state index contributed by atoms with van der Waals surface area (Å²) in [6, 6.07) is 10.4. The molecule has 1 aromatic carbocycles. The zero-order valence-corrected chi connectivity index (χ0v) is 25.8. The van der Waals surface area contributed by atoms with Gasteiger partial charge in [-0.3, -0.25) is 19.8 Å². The van der Waals surface area contributed by atoms with Crippen LogP contribution < -0.4 is 16.0 Å². The van der Waals surface area contributed by atoms with Gasteiger partial charge in [0.1, 0.15) is 10.8 Å². The summed E-state index contributed by atoms with van der Waals surface area (Å²) in [5.74, 6) is -0.0731. The smallest absolute Gasteiger partial charge is 0.236 e. The average molecular weight is 607 g/mol. The maximum absolute atomic E-state index is 13.7. The predicted octanol–water partition coefficient (Wildman–Crippen LogP) is 5.49. The number of carbonyl (C=O) groups excluding carboxylic acids is 2. The summed E-state index contributed by atoms with van der Waals surface area (Å²) in [5.41, 5.74) is 10.1. The number of Topliss-reactive ketones (excluding diaryl/α,β-unsaturated/α-hetero) is 1. The van der Waals surface area contributed by atoms with Crippen molar-refractivity contribution in [3.63, 3.8) is 0 Å². The van der Waals surface area contributed by atoms with Crippen LogP contribution in [0.2, 0.25) is 0 Å². The van der Waals surface area contributed by atoms with Gasteiger partial charge in [0.05, 0.1) is 23.3 Å². The normalized spacial score (nSPS) is 18.5. The molecular formula is C28H30N8O2S3. The number of aryl methyl sites for hydroxylation is 1. The number of hydrogen-bond acceptors (Lipinski definition) is 12. The SMILES string of the molecule is Cc1nnc(NC(=O)CSc2nnc(N3C(N)=C(C#N)C(c4ccc(C(C)C)cc4)C4=C3CC(C)(C)CC4=O)s2)s1. The zero-order valence-electron chi connectivity index (χ0n) is 23.4. The topological polar surface area (TPSA) is 151 Å². The van der Waals surface area contributed by atoms with Gasteiger partial charge in [-0.2, -0.15) is 5.26 Å². The minimum absolute atomic E-state index is 0.00198. The number of thioether (sulfide) groups is 1. The summed E-state index contributed by atoms with van der Waals surface area (Å²) in [6.07, 6.45) is 0.957. The van der Waals surface area contributed by atoms with E-state index in [1.807, 2.05) is 31.2 Å². The van der Waals surface area contributed by atoms with E-state index in [2.05, 4.69) is 59.5 Å². The first-order chi connectivity index (χ1) is 19.5. The Balaban J connectivity index is 1.48. The summed E-state index contributed by atoms with van der Waals surface area (Å²) in [4.78, 5) is 27.9. The van der Waals surface area contributed by atoms with Crippen LogP contribution in [0.25, 0.3) is 0 Å². The van der Waals surface area contributed by atoms with Gasteiger partial charge < -0.3 is 5.73 Å². The van der Waals surface area contributed by atoms with Crippen molar-refractivity contribution in [1.29, 1.82) is 5.26 Å². The molecule has 0 saturated carbocycles. The molecule has 1 amide bonds. The lowest BCUT2D eigenvalue weighted by Crippen LogP contribution is -2.42. The maximum atomic E-state index is 13.7. The Kier molecular flexibility index (Phi) is 8.00. The molecule has 0 bridgehead atoms. The molecule has 13 heteroatoms. The molecule has 3 heterocycles. The third kappa shape index (κ3) is 5.91. The van der Waals surface area contributed by atoms with E-state index in [9.17, 15) is 14.9 Å². The molecule has 212 valence electrons. The van der Waals surface area contributed by atoms with Crippen LogP contribution in [0, 0.1) is 23.7 Å². The Bertz CT molecular complexity index is 1610. The highest BCUT2D eigenvalue weighted by atomic mass is 32.2. The number of nitrogens with two attached hydrogens (primary N) is 1. The number of benzene rings is 1. The molecule has 1 unspecified atom stereocenters. The van der Waals surface area contributed by atoms with Crippen LogP contribution in [-0.4, -0.2) is 37.8 Å². The number of hydrogen-bond donors (Lipinski definition) is 2. The Morgan fingerprint density at radius 2 is 1.93 bits per heavy atom. The van der Waals surface area contributed by atoms with Gasteiger partial charge in [0.15, 0.2) is 10.1 Å². The number of aromatic nitrogens is 4. The lowest BCUT2D eigenvalue weighted by atomic mass is 9.68. The first-order valence-electron chi connectivity index (χ1n) is 13.1. The summed E-state index contributed by atoms with van der Waals surface area (Å²) in [5, 5.41) is 31.2. The van der Waals surface area contributed by atoms with E-state index < -0.39 is 5.92 Å². The van der Waals surface area contributed by atoms with Gasteiger partial charge in [-0.05, 0) is 35.8 Å². The summed E-state index contributed by atoms with van der Waals surface area (Å²) in [7, 11) is 0. The Morgan fingerprint density at radius 1 is 1.20 bits per heavy atom. The van der Waals surface area contributed by atoms with Crippen LogP contribution in [0.4, 0.5) is 10.3 Å². The fraction of sp³-hybridized carbons (Fsp3) is 0.393. The van der Waals surface area contributed by atoms with E-state index in [0.717, 1.165) is 16.3 Å². The molecule has 0 fully saturated rings. The quantitative estimate of drug-likeness (QED) is 0.330. The van der Waals surface area contributed by atoms with Crippen LogP contribution >= 0.6 is 34.4 Å². The molecule has 41 heavy (non-hydrogen) atoms. The number of anilines is 2. The monoisotopic (exact) mass is 606 g/mol. The Hall–Kier alpha value is -3.60. The second kappa shape index (κ2) is 11.3. The largest absolute Gasteiger partial charge is 0.384 e. The van der Waals surface area contributed by atoms with E-state index in [0.29, 0.717) is 44.5 Å². The lowest BCUT2D eigenvalue weighted by molar-refractivity contribution is -0.118. The summed E-state index contributed by atoms with van der Waals surface area (Å²) < 4.78 is 0.560. The van der Waals surface area contributed by atoms with Gasteiger partial charge in [0.2, 0.25) is 16.2 Å². The van der Waals surface area contributed by atoms with Gasteiger partial charge in [0.25, 0.3) is 0 Å². The van der Waals surface area contributed by atoms with Crippen molar-refractivity contribution in [2.75, 3.05) is 16.0 Å². The number of nitriles is 1. The molecule has 3 N–H and O–H groups in total. The number of rotatable bonds is 7. The van der Waals surface area contributed by atoms with Crippen molar-refractivity contribution in [1.82, 2.24) is 20.4 Å². The first kappa shape index (κ1) is 28.9. The molecule has 1 aliphatic heterocycles. The second-order valence-corrected chi connectivity index (χ2v) is 14.5. The third-order valence-electron chi connectivity index (χ3n) is 7.00.